The van der Waals surface area contributed by atoms with Crippen LogP contribution in [0.2, 0.25) is 0 Å². The maximum Gasteiger partial charge on any atom is 0.242 e. The Labute approximate surface area is 134 Å². The molecule has 1 aromatic heterocycles. The molecule has 0 aliphatic heterocycles. The Morgan fingerprint density at radius 3 is 2.43 bits per heavy atom. The van der Waals surface area contributed by atoms with Gasteiger partial charge in [0.1, 0.15) is 5.88 Å². The molecule has 2 aromatic rings. The molecule has 112 valence electrons. The first-order valence-corrected chi connectivity index (χ1v) is 8.21. The van der Waals surface area contributed by atoms with Gasteiger partial charge < -0.3 is 4.90 Å². The highest BCUT2D eigenvalue weighted by atomic mass is 35.5. The van der Waals surface area contributed by atoms with Gasteiger partial charge in [-0.2, -0.15) is 8.75 Å². The Bertz CT molecular complexity index is 579. The lowest BCUT2D eigenvalue weighted by molar-refractivity contribution is -0.116. The summed E-state index contributed by atoms with van der Waals surface area (Å²) in [5.41, 5.74) is 4.06. The van der Waals surface area contributed by atoms with Crippen molar-refractivity contribution in [3.63, 3.8) is 0 Å². The zero-order valence-corrected chi connectivity index (χ0v) is 13.7. The normalized spacial score (nSPS) is 10.6. The lowest BCUT2D eigenvalue weighted by Crippen LogP contribution is -2.33. The van der Waals surface area contributed by atoms with E-state index < -0.39 is 0 Å². The van der Waals surface area contributed by atoms with Crippen LogP contribution in [0.4, 0.5) is 5.69 Å². The van der Waals surface area contributed by atoms with Crippen LogP contribution in [0, 0.1) is 0 Å². The van der Waals surface area contributed by atoms with Gasteiger partial charge in [0.15, 0.2) is 0 Å². The van der Waals surface area contributed by atoms with E-state index in [4.69, 9.17) is 11.6 Å². The summed E-state index contributed by atoms with van der Waals surface area (Å²) in [6, 6.07) is 6.15. The van der Waals surface area contributed by atoms with Crippen molar-refractivity contribution in [1.82, 2.24) is 8.75 Å². The number of halogens is 1. The van der Waals surface area contributed by atoms with Gasteiger partial charge in [-0.25, -0.2) is 0 Å². The van der Waals surface area contributed by atoms with Crippen molar-refractivity contribution in [2.75, 3.05) is 10.8 Å². The second kappa shape index (κ2) is 7.52. The predicted octanol–water partition coefficient (Wildman–Crippen LogP) is 3.43. The predicted molar refractivity (Wildman–Crippen MR) is 87.0 cm³/mol. The number of amides is 1. The number of hydrogen-bond acceptors (Lipinski definition) is 4. The molecule has 0 aliphatic carbocycles. The summed E-state index contributed by atoms with van der Waals surface area (Å²) < 4.78 is 8.20. The first-order chi connectivity index (χ1) is 10.2. The fraction of sp³-hybridized carbons (Fsp3) is 0.400. The summed E-state index contributed by atoms with van der Waals surface area (Å²) in [5, 5.41) is 0. The van der Waals surface area contributed by atoms with Crippen molar-refractivity contribution in [2.45, 2.75) is 33.2 Å². The van der Waals surface area contributed by atoms with E-state index in [9.17, 15) is 4.79 Å². The lowest BCUT2D eigenvalue weighted by Gasteiger charge is -2.26. The van der Waals surface area contributed by atoms with Crippen molar-refractivity contribution >= 4 is 34.9 Å². The van der Waals surface area contributed by atoms with Gasteiger partial charge in [0.05, 0.1) is 35.9 Å². The zero-order valence-electron chi connectivity index (χ0n) is 12.2. The van der Waals surface area contributed by atoms with E-state index in [2.05, 4.69) is 34.7 Å². The van der Waals surface area contributed by atoms with Crippen LogP contribution in [0.1, 0.15) is 30.7 Å². The van der Waals surface area contributed by atoms with Crippen LogP contribution in [0.25, 0.3) is 0 Å². The van der Waals surface area contributed by atoms with Gasteiger partial charge in [-0.3, -0.25) is 4.79 Å². The van der Waals surface area contributed by atoms with Gasteiger partial charge in [-0.05, 0) is 24.0 Å². The number of benzene rings is 1. The maximum atomic E-state index is 12.3. The topological polar surface area (TPSA) is 46.1 Å². The summed E-state index contributed by atoms with van der Waals surface area (Å²) in [7, 11) is 0. The van der Waals surface area contributed by atoms with Crippen LogP contribution in [-0.2, 0) is 24.2 Å². The molecule has 0 saturated heterocycles. The molecule has 0 unspecified atom stereocenters. The minimum absolute atomic E-state index is 0.0429. The minimum atomic E-state index is -0.111. The maximum absolute atomic E-state index is 12.3. The Morgan fingerprint density at radius 2 is 1.95 bits per heavy atom. The Kier molecular flexibility index (Phi) is 5.70. The second-order valence-electron chi connectivity index (χ2n) is 4.64. The number of hydrogen-bond donors (Lipinski definition) is 0. The number of nitrogens with zero attached hydrogens (tertiary/aromatic N) is 3. The van der Waals surface area contributed by atoms with E-state index in [-0.39, 0.29) is 11.8 Å². The summed E-state index contributed by atoms with van der Waals surface area (Å²) in [5.74, 6) is -0.154. The SMILES string of the molecule is CCc1cccc(CC)c1N(Cc1cnsn1)C(=O)CCl. The van der Waals surface area contributed by atoms with E-state index >= 15 is 0 Å². The molecule has 2 rings (SSSR count). The van der Waals surface area contributed by atoms with Crippen molar-refractivity contribution in [3.8, 4) is 0 Å². The quantitative estimate of drug-likeness (QED) is 0.765. The molecule has 21 heavy (non-hydrogen) atoms. The molecule has 1 heterocycles. The molecular formula is C15H18ClN3OS. The average Bonchev–Trinajstić information content (AvgIpc) is 3.04. The fourth-order valence-electron chi connectivity index (χ4n) is 2.34. The number of carbonyl (C=O) groups excluding carboxylic acids is 1. The Balaban J connectivity index is 2.47. The van der Waals surface area contributed by atoms with Crippen molar-refractivity contribution < 1.29 is 4.79 Å². The number of rotatable bonds is 6. The van der Waals surface area contributed by atoms with Crippen molar-refractivity contribution in [2.24, 2.45) is 0 Å². The number of aromatic nitrogens is 2. The summed E-state index contributed by atoms with van der Waals surface area (Å²) in [4.78, 5) is 14.1. The largest absolute Gasteiger partial charge is 0.305 e. The fourth-order valence-corrected chi connectivity index (χ4v) is 2.91. The highest BCUT2D eigenvalue weighted by Crippen LogP contribution is 2.28. The number of anilines is 1. The second-order valence-corrected chi connectivity index (χ2v) is 5.47. The molecule has 6 heteroatoms. The Hall–Kier alpha value is -1.46. The molecular weight excluding hydrogens is 306 g/mol. The van der Waals surface area contributed by atoms with Gasteiger partial charge in [-0.1, -0.05) is 32.0 Å². The van der Waals surface area contributed by atoms with Gasteiger partial charge in [-0.15, -0.1) is 11.6 Å². The lowest BCUT2D eigenvalue weighted by atomic mass is 10.0. The van der Waals surface area contributed by atoms with Crippen LogP contribution < -0.4 is 4.90 Å². The highest BCUT2D eigenvalue weighted by molar-refractivity contribution is 6.99. The van der Waals surface area contributed by atoms with Gasteiger partial charge in [0, 0.05) is 0 Å². The van der Waals surface area contributed by atoms with Crippen LogP contribution in [-0.4, -0.2) is 20.5 Å². The minimum Gasteiger partial charge on any atom is -0.305 e. The average molecular weight is 324 g/mol. The van der Waals surface area contributed by atoms with E-state index in [1.807, 2.05) is 6.07 Å². The van der Waals surface area contributed by atoms with Crippen LogP contribution >= 0.6 is 23.3 Å². The summed E-state index contributed by atoms with van der Waals surface area (Å²) in [6.45, 7) is 4.59. The van der Waals surface area contributed by atoms with E-state index in [1.165, 1.54) is 0 Å². The van der Waals surface area contributed by atoms with E-state index in [0.717, 1.165) is 47.1 Å². The third kappa shape index (κ3) is 3.60. The Morgan fingerprint density at radius 1 is 1.29 bits per heavy atom. The molecule has 4 nitrogen and oxygen atoms in total. The first kappa shape index (κ1) is 15.9. The number of aryl methyl sites for hydroxylation is 2. The van der Waals surface area contributed by atoms with Gasteiger partial charge in [0.25, 0.3) is 0 Å². The molecule has 0 atom stereocenters. The molecule has 1 amide bonds. The summed E-state index contributed by atoms with van der Waals surface area (Å²) >= 11 is 6.95. The number of para-hydroxylation sites is 1. The first-order valence-electron chi connectivity index (χ1n) is 6.94. The highest BCUT2D eigenvalue weighted by Gasteiger charge is 2.21. The standard InChI is InChI=1S/C15H18ClN3OS/c1-3-11-6-5-7-12(4-2)15(11)19(14(20)8-16)10-13-9-17-21-18-13/h5-7,9H,3-4,8,10H2,1-2H3. The molecule has 0 saturated carbocycles. The third-order valence-electron chi connectivity index (χ3n) is 3.38. The van der Waals surface area contributed by atoms with Crippen molar-refractivity contribution in [1.29, 1.82) is 0 Å². The molecule has 0 fully saturated rings. The van der Waals surface area contributed by atoms with Gasteiger partial charge in [0.2, 0.25) is 5.91 Å². The summed E-state index contributed by atoms with van der Waals surface area (Å²) in [6.07, 6.45) is 3.43. The smallest absolute Gasteiger partial charge is 0.242 e. The third-order valence-corrected chi connectivity index (χ3v) is 4.12. The van der Waals surface area contributed by atoms with E-state index in [0.29, 0.717) is 6.54 Å². The molecule has 0 N–H and O–H groups in total. The molecule has 0 radical (unpaired) electrons. The number of carbonyl (C=O) groups is 1. The van der Waals surface area contributed by atoms with E-state index in [1.54, 1.807) is 11.1 Å². The zero-order chi connectivity index (χ0) is 15.2. The molecule has 0 spiro atoms. The van der Waals surface area contributed by atoms with Crippen LogP contribution in [0.15, 0.2) is 24.4 Å². The van der Waals surface area contributed by atoms with Crippen LogP contribution in [0.3, 0.4) is 0 Å². The molecule has 1 aromatic carbocycles. The van der Waals surface area contributed by atoms with Crippen molar-refractivity contribution in [3.05, 3.63) is 41.2 Å². The monoisotopic (exact) mass is 323 g/mol. The van der Waals surface area contributed by atoms with Crippen LogP contribution in [0.5, 0.6) is 0 Å². The molecule has 0 bridgehead atoms. The molecule has 0 aliphatic rings. The van der Waals surface area contributed by atoms with Gasteiger partial charge >= 0.3 is 0 Å². The number of alkyl halides is 1.